The van der Waals surface area contributed by atoms with Crippen molar-refractivity contribution in [2.45, 2.75) is 6.18 Å². The first-order valence-electron chi connectivity index (χ1n) is 4.46. The summed E-state index contributed by atoms with van der Waals surface area (Å²) < 4.78 is 37.1. The molecule has 0 aliphatic heterocycles. The molecule has 0 unspecified atom stereocenters. The molecule has 0 amide bonds. The first-order valence-corrected chi connectivity index (χ1v) is 5.22. The smallest absolute Gasteiger partial charge is 0.273 e. The maximum atomic E-state index is 12.4. The summed E-state index contributed by atoms with van der Waals surface area (Å²) in [7, 11) is 0. The van der Waals surface area contributed by atoms with Crippen LogP contribution in [0, 0.1) is 0 Å². The average Bonchev–Trinajstić information content (AvgIpc) is 2.65. The molecule has 2 rings (SSSR count). The molecule has 0 saturated heterocycles. The quantitative estimate of drug-likeness (QED) is 0.824. The number of alkyl halides is 3. The predicted molar refractivity (Wildman–Crippen MR) is 59.0 cm³/mol. The van der Waals surface area contributed by atoms with Gasteiger partial charge >= 0.3 is 6.18 Å². The van der Waals surface area contributed by atoms with Crippen LogP contribution in [0.25, 0.3) is 11.3 Å². The minimum absolute atomic E-state index is 0.0629. The summed E-state index contributed by atoms with van der Waals surface area (Å²) in [5.74, 6) is 0. The number of hydrogen-bond donors (Lipinski definition) is 1. The number of rotatable bonds is 1. The van der Waals surface area contributed by atoms with E-state index in [1.54, 1.807) is 6.07 Å². The fraction of sp³-hybridized carbons (Fsp3) is 0.100. The molecule has 0 aliphatic rings. The topological polar surface area (TPSA) is 28.7 Å². The van der Waals surface area contributed by atoms with Gasteiger partial charge in [-0.25, -0.2) is 0 Å². The summed E-state index contributed by atoms with van der Waals surface area (Å²) in [4.78, 5) is 0. The zero-order chi connectivity index (χ0) is 12.6. The fourth-order valence-corrected chi connectivity index (χ4v) is 1.93. The molecule has 0 fully saturated rings. The van der Waals surface area contributed by atoms with Gasteiger partial charge < -0.3 is 0 Å². The molecule has 1 heterocycles. The van der Waals surface area contributed by atoms with Gasteiger partial charge in [-0.2, -0.15) is 18.3 Å². The van der Waals surface area contributed by atoms with Crippen LogP contribution in [0.2, 0.25) is 10.0 Å². The highest BCUT2D eigenvalue weighted by Crippen LogP contribution is 2.36. The number of halogens is 5. The van der Waals surface area contributed by atoms with Gasteiger partial charge in [-0.05, 0) is 18.2 Å². The summed E-state index contributed by atoms with van der Waals surface area (Å²) in [6.45, 7) is 0. The van der Waals surface area contributed by atoms with Crippen LogP contribution in [0.4, 0.5) is 13.2 Å². The van der Waals surface area contributed by atoms with Crippen molar-refractivity contribution in [2.24, 2.45) is 0 Å². The molecular formula is C10H5Cl2F3N2. The lowest BCUT2D eigenvalue weighted by molar-refractivity contribution is -0.141. The van der Waals surface area contributed by atoms with Crippen molar-refractivity contribution in [1.82, 2.24) is 10.2 Å². The van der Waals surface area contributed by atoms with Gasteiger partial charge in [-0.3, -0.25) is 5.10 Å². The second-order valence-corrected chi connectivity index (χ2v) is 4.08. The van der Waals surface area contributed by atoms with E-state index in [9.17, 15) is 13.2 Å². The zero-order valence-corrected chi connectivity index (χ0v) is 9.66. The Labute approximate surface area is 104 Å². The number of H-pyrrole nitrogens is 1. The molecule has 1 aromatic carbocycles. The van der Waals surface area contributed by atoms with Crippen LogP contribution in [0.3, 0.4) is 0 Å². The Morgan fingerprint density at radius 1 is 1.12 bits per heavy atom. The van der Waals surface area contributed by atoms with Crippen molar-refractivity contribution in [1.29, 1.82) is 0 Å². The lowest BCUT2D eigenvalue weighted by Crippen LogP contribution is -2.04. The number of hydrogen-bond acceptors (Lipinski definition) is 1. The van der Waals surface area contributed by atoms with Gasteiger partial charge in [0.1, 0.15) is 5.69 Å². The van der Waals surface area contributed by atoms with Gasteiger partial charge in [0.15, 0.2) is 0 Å². The largest absolute Gasteiger partial charge is 0.432 e. The fourth-order valence-electron chi connectivity index (χ4n) is 1.34. The van der Waals surface area contributed by atoms with Crippen LogP contribution in [-0.4, -0.2) is 10.2 Å². The number of nitrogens with one attached hydrogen (secondary N) is 1. The summed E-state index contributed by atoms with van der Waals surface area (Å²) in [6, 6.07) is 5.54. The summed E-state index contributed by atoms with van der Waals surface area (Å²) in [5.41, 5.74) is -0.598. The Morgan fingerprint density at radius 2 is 1.71 bits per heavy atom. The van der Waals surface area contributed by atoms with Crippen LogP contribution in [-0.2, 0) is 6.18 Å². The zero-order valence-electron chi connectivity index (χ0n) is 8.15. The molecule has 0 radical (unpaired) electrons. The molecule has 90 valence electrons. The third kappa shape index (κ3) is 2.40. The van der Waals surface area contributed by atoms with E-state index in [2.05, 4.69) is 5.10 Å². The molecular weight excluding hydrogens is 276 g/mol. The monoisotopic (exact) mass is 280 g/mol. The Morgan fingerprint density at radius 3 is 2.18 bits per heavy atom. The molecule has 0 aliphatic carbocycles. The van der Waals surface area contributed by atoms with Crippen LogP contribution in [0.5, 0.6) is 0 Å². The molecule has 1 aromatic heterocycles. The van der Waals surface area contributed by atoms with Gasteiger partial charge in [-0.15, -0.1) is 0 Å². The van der Waals surface area contributed by atoms with E-state index in [0.29, 0.717) is 0 Å². The summed E-state index contributed by atoms with van der Waals surface area (Å²) in [5, 5.41) is 5.96. The number of benzene rings is 1. The summed E-state index contributed by atoms with van der Waals surface area (Å²) >= 11 is 11.7. The second-order valence-electron chi connectivity index (χ2n) is 3.26. The van der Waals surface area contributed by atoms with E-state index in [0.717, 1.165) is 6.07 Å². The molecule has 1 N–H and O–H groups in total. The van der Waals surface area contributed by atoms with E-state index in [1.165, 1.54) is 12.1 Å². The Balaban J connectivity index is 2.51. The van der Waals surface area contributed by atoms with E-state index in [4.69, 9.17) is 23.2 Å². The van der Waals surface area contributed by atoms with Gasteiger partial charge in [0, 0.05) is 5.56 Å². The Bertz CT molecular complexity index is 528. The SMILES string of the molecule is FC(F)(F)c1cc(-c2c(Cl)cccc2Cl)n[nH]1. The average molecular weight is 281 g/mol. The van der Waals surface area contributed by atoms with Crippen LogP contribution in [0.1, 0.15) is 5.69 Å². The highest BCUT2D eigenvalue weighted by Gasteiger charge is 2.33. The van der Waals surface area contributed by atoms with Crippen LogP contribution < -0.4 is 0 Å². The summed E-state index contributed by atoms with van der Waals surface area (Å²) in [6.07, 6.45) is -4.47. The van der Waals surface area contributed by atoms with E-state index < -0.39 is 11.9 Å². The normalized spacial score (nSPS) is 11.8. The highest BCUT2D eigenvalue weighted by molar-refractivity contribution is 6.39. The van der Waals surface area contributed by atoms with Gasteiger partial charge in [0.2, 0.25) is 0 Å². The molecule has 0 saturated carbocycles. The van der Waals surface area contributed by atoms with Crippen molar-refractivity contribution < 1.29 is 13.2 Å². The maximum Gasteiger partial charge on any atom is 0.432 e. The van der Waals surface area contributed by atoms with Crippen LogP contribution >= 0.6 is 23.2 Å². The first-order chi connectivity index (χ1) is 7.89. The van der Waals surface area contributed by atoms with E-state index >= 15 is 0 Å². The van der Waals surface area contributed by atoms with E-state index in [-0.39, 0.29) is 21.3 Å². The Kier molecular flexibility index (Phi) is 3.05. The number of nitrogens with zero attached hydrogens (tertiary/aromatic N) is 1. The lowest BCUT2D eigenvalue weighted by Gasteiger charge is -2.02. The third-order valence-electron chi connectivity index (χ3n) is 2.10. The van der Waals surface area contributed by atoms with Gasteiger partial charge in [0.25, 0.3) is 0 Å². The molecule has 0 spiro atoms. The molecule has 2 aromatic rings. The minimum atomic E-state index is -4.47. The van der Waals surface area contributed by atoms with Gasteiger partial charge in [-0.1, -0.05) is 29.3 Å². The van der Waals surface area contributed by atoms with Crippen LogP contribution in [0.15, 0.2) is 24.3 Å². The number of aromatic nitrogens is 2. The minimum Gasteiger partial charge on any atom is -0.273 e. The van der Waals surface area contributed by atoms with Crippen molar-refractivity contribution in [3.05, 3.63) is 40.0 Å². The highest BCUT2D eigenvalue weighted by atomic mass is 35.5. The van der Waals surface area contributed by atoms with Crippen molar-refractivity contribution >= 4 is 23.2 Å². The predicted octanol–water partition coefficient (Wildman–Crippen LogP) is 4.40. The van der Waals surface area contributed by atoms with Crippen molar-refractivity contribution in [3.8, 4) is 11.3 Å². The first kappa shape index (κ1) is 12.3. The van der Waals surface area contributed by atoms with E-state index in [1.807, 2.05) is 5.10 Å². The molecule has 2 nitrogen and oxygen atoms in total. The van der Waals surface area contributed by atoms with Crippen molar-refractivity contribution in [2.75, 3.05) is 0 Å². The molecule has 0 bridgehead atoms. The molecule has 0 atom stereocenters. The Hall–Kier alpha value is -1.20. The lowest BCUT2D eigenvalue weighted by atomic mass is 10.1. The maximum absolute atomic E-state index is 12.4. The molecule has 7 heteroatoms. The standard InChI is InChI=1S/C10H5Cl2F3N2/c11-5-2-1-3-6(12)9(5)7-4-8(17-16-7)10(13,14)15/h1-4H,(H,16,17). The van der Waals surface area contributed by atoms with Crippen molar-refractivity contribution in [3.63, 3.8) is 0 Å². The third-order valence-corrected chi connectivity index (χ3v) is 2.73. The second kappa shape index (κ2) is 4.23. The molecule has 17 heavy (non-hydrogen) atoms. The van der Waals surface area contributed by atoms with Gasteiger partial charge in [0.05, 0.1) is 15.7 Å². The number of aromatic amines is 1.